The third-order valence-electron chi connectivity index (χ3n) is 3.55. The molecule has 1 aromatic rings. The minimum absolute atomic E-state index is 0.0222. The number of benzene rings is 1. The summed E-state index contributed by atoms with van der Waals surface area (Å²) in [6.45, 7) is 5.05. The van der Waals surface area contributed by atoms with Crippen molar-refractivity contribution in [2.45, 2.75) is 39.5 Å². The van der Waals surface area contributed by atoms with Gasteiger partial charge in [0.1, 0.15) is 5.75 Å². The molecule has 0 saturated carbocycles. The first-order valence-electron chi connectivity index (χ1n) is 7.47. The molecule has 0 bridgehead atoms. The van der Waals surface area contributed by atoms with Crippen molar-refractivity contribution in [3.63, 3.8) is 0 Å². The zero-order valence-corrected chi connectivity index (χ0v) is 13.3. The monoisotopic (exact) mass is 293 g/mol. The van der Waals surface area contributed by atoms with E-state index in [-0.39, 0.29) is 17.9 Å². The summed E-state index contributed by atoms with van der Waals surface area (Å²) in [4.78, 5) is 11.9. The molecule has 0 aliphatic rings. The van der Waals surface area contributed by atoms with Gasteiger partial charge in [0.25, 0.3) is 0 Å². The molecule has 0 aromatic heterocycles. The van der Waals surface area contributed by atoms with Crippen molar-refractivity contribution in [2.24, 2.45) is 5.41 Å². The Bertz CT molecular complexity index is 443. The summed E-state index contributed by atoms with van der Waals surface area (Å²) in [7, 11) is 1.64. The van der Waals surface area contributed by atoms with E-state index >= 15 is 0 Å². The van der Waals surface area contributed by atoms with Crippen LogP contribution in [0.2, 0.25) is 0 Å². The van der Waals surface area contributed by atoms with Crippen molar-refractivity contribution in [3.05, 3.63) is 29.8 Å². The number of aliphatic hydroxyl groups excluding tert-OH is 1. The highest BCUT2D eigenvalue weighted by molar-refractivity contribution is 5.76. The van der Waals surface area contributed by atoms with Crippen LogP contribution in [0.25, 0.3) is 0 Å². The minimum atomic E-state index is 0.0222. The van der Waals surface area contributed by atoms with Crippen LogP contribution in [0.4, 0.5) is 0 Å². The molecule has 0 aliphatic heterocycles. The van der Waals surface area contributed by atoms with E-state index in [1.807, 2.05) is 24.3 Å². The Hall–Kier alpha value is -1.55. The van der Waals surface area contributed by atoms with E-state index in [4.69, 9.17) is 9.84 Å². The molecule has 0 fully saturated rings. The summed E-state index contributed by atoms with van der Waals surface area (Å²) in [6.07, 6.45) is 2.86. The maximum absolute atomic E-state index is 11.9. The quantitative estimate of drug-likeness (QED) is 0.735. The number of carbonyl (C=O) groups excluding carboxylic acids is 1. The molecule has 0 radical (unpaired) electrons. The molecule has 21 heavy (non-hydrogen) atoms. The summed E-state index contributed by atoms with van der Waals surface area (Å²) in [5.41, 5.74) is 1.12. The van der Waals surface area contributed by atoms with Gasteiger partial charge in [0, 0.05) is 19.6 Å². The smallest absolute Gasteiger partial charge is 0.220 e. The molecule has 0 aliphatic carbocycles. The second kappa shape index (κ2) is 8.67. The Morgan fingerprint density at radius 2 is 2.14 bits per heavy atom. The second-order valence-corrected chi connectivity index (χ2v) is 6.12. The van der Waals surface area contributed by atoms with E-state index in [0.717, 1.165) is 24.2 Å². The lowest BCUT2D eigenvalue weighted by Gasteiger charge is -2.24. The summed E-state index contributed by atoms with van der Waals surface area (Å²) in [5.74, 6) is 0.882. The number of amides is 1. The van der Waals surface area contributed by atoms with E-state index in [1.54, 1.807) is 7.11 Å². The molecule has 0 atom stereocenters. The molecule has 1 rings (SSSR count). The maximum Gasteiger partial charge on any atom is 0.220 e. The van der Waals surface area contributed by atoms with Crippen molar-refractivity contribution in [3.8, 4) is 5.75 Å². The number of ether oxygens (including phenoxy) is 1. The third-order valence-corrected chi connectivity index (χ3v) is 3.55. The number of rotatable bonds is 9. The minimum Gasteiger partial charge on any atom is -0.497 e. The fourth-order valence-corrected chi connectivity index (χ4v) is 2.16. The van der Waals surface area contributed by atoms with Gasteiger partial charge in [-0.3, -0.25) is 4.79 Å². The van der Waals surface area contributed by atoms with Crippen LogP contribution in [0.5, 0.6) is 5.75 Å². The number of methoxy groups -OCH3 is 1. The average molecular weight is 293 g/mol. The number of nitrogens with one attached hydrogen (secondary N) is 1. The molecule has 0 spiro atoms. The first-order valence-corrected chi connectivity index (χ1v) is 7.47. The molecule has 1 amide bonds. The molecular formula is C17H27NO3. The standard InChI is InChI=1S/C17H27NO3/c1-17(2,10-5-11-19)13-18-16(20)9-8-14-6-4-7-15(12-14)21-3/h4,6-7,12,19H,5,8-11,13H2,1-3H3,(H,18,20). The fourth-order valence-electron chi connectivity index (χ4n) is 2.16. The van der Waals surface area contributed by atoms with E-state index in [2.05, 4.69) is 19.2 Å². The molecule has 0 saturated heterocycles. The van der Waals surface area contributed by atoms with Crippen molar-refractivity contribution in [2.75, 3.05) is 20.3 Å². The van der Waals surface area contributed by atoms with Crippen LogP contribution in [-0.4, -0.2) is 31.3 Å². The SMILES string of the molecule is COc1cccc(CCC(=O)NCC(C)(C)CCCO)c1. The first kappa shape index (κ1) is 17.5. The Labute approximate surface area is 127 Å². The second-order valence-electron chi connectivity index (χ2n) is 6.12. The van der Waals surface area contributed by atoms with Gasteiger partial charge in [-0.25, -0.2) is 0 Å². The Kier molecular flexibility index (Phi) is 7.23. The Morgan fingerprint density at radius 3 is 2.81 bits per heavy atom. The van der Waals surface area contributed by atoms with Crippen LogP contribution in [0.15, 0.2) is 24.3 Å². The third kappa shape index (κ3) is 7.14. The van der Waals surface area contributed by atoms with Crippen molar-refractivity contribution in [1.29, 1.82) is 0 Å². The van der Waals surface area contributed by atoms with Crippen LogP contribution >= 0.6 is 0 Å². The van der Waals surface area contributed by atoms with E-state index in [9.17, 15) is 4.79 Å². The normalized spacial score (nSPS) is 11.2. The van der Waals surface area contributed by atoms with Gasteiger partial charge in [0.15, 0.2) is 0 Å². The number of aryl methyl sites for hydroxylation is 1. The van der Waals surface area contributed by atoms with Gasteiger partial charge in [-0.1, -0.05) is 26.0 Å². The molecule has 4 nitrogen and oxygen atoms in total. The number of hydrogen-bond acceptors (Lipinski definition) is 3. The van der Waals surface area contributed by atoms with E-state index < -0.39 is 0 Å². The predicted molar refractivity (Wildman–Crippen MR) is 84.4 cm³/mol. The van der Waals surface area contributed by atoms with Gasteiger partial charge in [-0.05, 0) is 42.4 Å². The van der Waals surface area contributed by atoms with E-state index in [0.29, 0.717) is 19.4 Å². The molecule has 0 heterocycles. The fraction of sp³-hybridized carbons (Fsp3) is 0.588. The lowest BCUT2D eigenvalue weighted by molar-refractivity contribution is -0.121. The summed E-state index contributed by atoms with van der Waals surface area (Å²) in [5, 5.41) is 11.8. The molecule has 1 aromatic carbocycles. The summed E-state index contributed by atoms with van der Waals surface area (Å²) < 4.78 is 5.17. The van der Waals surface area contributed by atoms with Gasteiger partial charge in [-0.2, -0.15) is 0 Å². The number of hydrogen-bond donors (Lipinski definition) is 2. The van der Waals surface area contributed by atoms with Crippen molar-refractivity contribution in [1.82, 2.24) is 5.32 Å². The zero-order chi connectivity index (χ0) is 15.7. The van der Waals surface area contributed by atoms with Crippen LogP contribution in [0.1, 0.15) is 38.7 Å². The van der Waals surface area contributed by atoms with Crippen LogP contribution in [0, 0.1) is 5.41 Å². The lowest BCUT2D eigenvalue weighted by atomic mass is 9.88. The molecule has 2 N–H and O–H groups in total. The highest BCUT2D eigenvalue weighted by atomic mass is 16.5. The number of aliphatic hydroxyl groups is 1. The summed E-state index contributed by atoms with van der Waals surface area (Å²) in [6, 6.07) is 7.79. The molecule has 0 unspecified atom stereocenters. The highest BCUT2D eigenvalue weighted by Gasteiger charge is 2.18. The summed E-state index contributed by atoms with van der Waals surface area (Å²) >= 11 is 0. The lowest BCUT2D eigenvalue weighted by Crippen LogP contribution is -2.34. The average Bonchev–Trinajstić information content (AvgIpc) is 2.49. The maximum atomic E-state index is 11.9. The van der Waals surface area contributed by atoms with Crippen LogP contribution in [-0.2, 0) is 11.2 Å². The molecule has 4 heteroatoms. The Balaban J connectivity index is 2.33. The molecule has 118 valence electrons. The van der Waals surface area contributed by atoms with Gasteiger partial charge in [-0.15, -0.1) is 0 Å². The van der Waals surface area contributed by atoms with Crippen LogP contribution < -0.4 is 10.1 Å². The van der Waals surface area contributed by atoms with Crippen LogP contribution in [0.3, 0.4) is 0 Å². The van der Waals surface area contributed by atoms with Crippen molar-refractivity contribution < 1.29 is 14.6 Å². The van der Waals surface area contributed by atoms with Gasteiger partial charge >= 0.3 is 0 Å². The molecular weight excluding hydrogens is 266 g/mol. The number of carbonyl (C=O) groups is 1. The van der Waals surface area contributed by atoms with Crippen molar-refractivity contribution >= 4 is 5.91 Å². The first-order chi connectivity index (χ1) is 9.96. The van der Waals surface area contributed by atoms with Gasteiger partial charge in [0.2, 0.25) is 5.91 Å². The largest absolute Gasteiger partial charge is 0.497 e. The topological polar surface area (TPSA) is 58.6 Å². The van der Waals surface area contributed by atoms with E-state index in [1.165, 1.54) is 0 Å². The predicted octanol–water partition coefficient (Wildman–Crippen LogP) is 2.54. The Morgan fingerprint density at radius 1 is 1.38 bits per heavy atom. The highest BCUT2D eigenvalue weighted by Crippen LogP contribution is 2.20. The zero-order valence-electron chi connectivity index (χ0n) is 13.3. The van der Waals surface area contributed by atoms with Gasteiger partial charge in [0.05, 0.1) is 7.11 Å². The van der Waals surface area contributed by atoms with Gasteiger partial charge < -0.3 is 15.2 Å².